The van der Waals surface area contributed by atoms with Crippen molar-refractivity contribution in [1.29, 1.82) is 0 Å². The van der Waals surface area contributed by atoms with E-state index >= 15 is 0 Å². The van der Waals surface area contributed by atoms with Crippen LogP contribution < -0.4 is 5.32 Å². The van der Waals surface area contributed by atoms with Gasteiger partial charge in [-0.05, 0) is 38.1 Å². The molecule has 5 nitrogen and oxygen atoms in total. The zero-order valence-corrected chi connectivity index (χ0v) is 12.2. The van der Waals surface area contributed by atoms with E-state index in [2.05, 4.69) is 5.32 Å². The van der Waals surface area contributed by atoms with E-state index in [-0.39, 0.29) is 24.4 Å². The van der Waals surface area contributed by atoms with Crippen LogP contribution >= 0.6 is 0 Å². The first kappa shape index (κ1) is 16.0. The van der Waals surface area contributed by atoms with E-state index in [4.69, 9.17) is 0 Å². The molecule has 0 aliphatic carbocycles. The molecular formula is C14H26N2O3. The predicted molar refractivity (Wildman–Crippen MR) is 73.9 cm³/mol. The highest BCUT2D eigenvalue weighted by Gasteiger charge is 2.35. The SMILES string of the molecule is CCC(CC)NC(=O)CN1CCCC(C)C1C(=O)O. The Labute approximate surface area is 115 Å². The van der Waals surface area contributed by atoms with Crippen molar-refractivity contribution in [3.63, 3.8) is 0 Å². The minimum atomic E-state index is -0.817. The van der Waals surface area contributed by atoms with Gasteiger partial charge in [-0.3, -0.25) is 14.5 Å². The normalized spacial score (nSPS) is 24.4. The zero-order valence-electron chi connectivity index (χ0n) is 12.2. The lowest BCUT2D eigenvalue weighted by atomic mass is 9.91. The Balaban J connectivity index is 2.58. The molecule has 0 saturated carbocycles. The van der Waals surface area contributed by atoms with Crippen molar-refractivity contribution in [3.05, 3.63) is 0 Å². The third-order valence-corrected chi connectivity index (χ3v) is 3.99. The third kappa shape index (κ3) is 4.49. The third-order valence-electron chi connectivity index (χ3n) is 3.99. The van der Waals surface area contributed by atoms with Crippen LogP contribution in [0.3, 0.4) is 0 Å². The largest absolute Gasteiger partial charge is 0.480 e. The Morgan fingerprint density at radius 1 is 1.37 bits per heavy atom. The lowest BCUT2D eigenvalue weighted by Gasteiger charge is -2.36. The van der Waals surface area contributed by atoms with Crippen LogP contribution in [0.5, 0.6) is 0 Å². The fourth-order valence-corrected chi connectivity index (χ4v) is 2.80. The molecule has 5 heteroatoms. The van der Waals surface area contributed by atoms with Gasteiger partial charge in [-0.1, -0.05) is 20.8 Å². The van der Waals surface area contributed by atoms with E-state index in [1.165, 1.54) is 0 Å². The van der Waals surface area contributed by atoms with Gasteiger partial charge in [-0.25, -0.2) is 0 Å². The van der Waals surface area contributed by atoms with Gasteiger partial charge in [0.2, 0.25) is 5.91 Å². The number of hydrogen-bond acceptors (Lipinski definition) is 3. The van der Waals surface area contributed by atoms with E-state index in [0.717, 1.165) is 25.7 Å². The minimum absolute atomic E-state index is 0.0611. The van der Waals surface area contributed by atoms with Gasteiger partial charge in [0, 0.05) is 6.04 Å². The molecule has 1 aliphatic rings. The summed E-state index contributed by atoms with van der Waals surface area (Å²) in [5, 5.41) is 12.3. The summed E-state index contributed by atoms with van der Waals surface area (Å²) in [6.45, 7) is 6.91. The van der Waals surface area contributed by atoms with Gasteiger partial charge in [0.25, 0.3) is 0 Å². The number of nitrogens with one attached hydrogen (secondary N) is 1. The second kappa shape index (κ2) is 7.48. The number of amides is 1. The van der Waals surface area contributed by atoms with Gasteiger partial charge in [0.15, 0.2) is 0 Å². The maximum Gasteiger partial charge on any atom is 0.321 e. The quantitative estimate of drug-likeness (QED) is 0.767. The first-order valence-corrected chi connectivity index (χ1v) is 7.25. The molecule has 2 atom stereocenters. The smallest absolute Gasteiger partial charge is 0.321 e. The first-order chi connectivity index (χ1) is 8.99. The molecule has 0 bridgehead atoms. The summed E-state index contributed by atoms with van der Waals surface area (Å²) in [6, 6.07) is -0.334. The summed E-state index contributed by atoms with van der Waals surface area (Å²) in [5.74, 6) is -0.774. The second-order valence-electron chi connectivity index (χ2n) is 5.45. The van der Waals surface area contributed by atoms with Crippen LogP contribution in [-0.4, -0.2) is 47.1 Å². The van der Waals surface area contributed by atoms with Gasteiger partial charge in [-0.2, -0.15) is 0 Å². The summed E-state index contributed by atoms with van der Waals surface area (Å²) >= 11 is 0. The van der Waals surface area contributed by atoms with E-state index in [1.54, 1.807) is 4.90 Å². The number of rotatable bonds is 6. The number of aliphatic carboxylic acids is 1. The molecule has 1 heterocycles. The van der Waals surface area contributed by atoms with Crippen molar-refractivity contribution in [2.24, 2.45) is 5.92 Å². The number of carbonyl (C=O) groups is 2. The van der Waals surface area contributed by atoms with Crippen LogP contribution in [0.1, 0.15) is 46.5 Å². The molecule has 0 aromatic carbocycles. The van der Waals surface area contributed by atoms with Crippen molar-refractivity contribution in [2.45, 2.75) is 58.5 Å². The molecule has 110 valence electrons. The highest BCUT2D eigenvalue weighted by Crippen LogP contribution is 2.23. The number of nitrogens with zero attached hydrogens (tertiary/aromatic N) is 1. The maximum atomic E-state index is 12.0. The van der Waals surface area contributed by atoms with Gasteiger partial charge in [-0.15, -0.1) is 0 Å². The molecule has 19 heavy (non-hydrogen) atoms. The Morgan fingerprint density at radius 3 is 2.53 bits per heavy atom. The molecule has 1 rings (SSSR count). The molecule has 0 aromatic rings. The highest BCUT2D eigenvalue weighted by molar-refractivity contribution is 5.80. The van der Waals surface area contributed by atoms with Crippen LogP contribution in [0.25, 0.3) is 0 Å². The van der Waals surface area contributed by atoms with Crippen molar-refractivity contribution < 1.29 is 14.7 Å². The summed E-state index contributed by atoms with van der Waals surface area (Å²) in [5.41, 5.74) is 0. The summed E-state index contributed by atoms with van der Waals surface area (Å²) in [4.78, 5) is 25.1. The highest BCUT2D eigenvalue weighted by atomic mass is 16.4. The molecule has 1 saturated heterocycles. The number of likely N-dealkylation sites (tertiary alicyclic amines) is 1. The zero-order chi connectivity index (χ0) is 14.4. The molecule has 1 amide bonds. The molecule has 0 spiro atoms. The average Bonchev–Trinajstić information content (AvgIpc) is 2.35. The summed E-state index contributed by atoms with van der Waals surface area (Å²) in [6.07, 6.45) is 3.69. The van der Waals surface area contributed by atoms with E-state index in [1.807, 2.05) is 20.8 Å². The van der Waals surface area contributed by atoms with Gasteiger partial charge in [0.05, 0.1) is 6.54 Å². The van der Waals surface area contributed by atoms with E-state index in [0.29, 0.717) is 6.54 Å². The second-order valence-corrected chi connectivity index (χ2v) is 5.45. The lowest BCUT2D eigenvalue weighted by molar-refractivity contribution is -0.147. The standard InChI is InChI=1S/C14H26N2O3/c1-4-11(5-2)15-12(17)9-16-8-6-7-10(3)13(16)14(18)19/h10-11,13H,4-9H2,1-3H3,(H,15,17)(H,18,19). The lowest BCUT2D eigenvalue weighted by Crippen LogP contribution is -2.53. The number of carbonyl (C=O) groups excluding carboxylic acids is 1. The van der Waals surface area contributed by atoms with Crippen molar-refractivity contribution in [2.75, 3.05) is 13.1 Å². The van der Waals surface area contributed by atoms with Crippen molar-refractivity contribution in [1.82, 2.24) is 10.2 Å². The van der Waals surface area contributed by atoms with Crippen LogP contribution in [0.2, 0.25) is 0 Å². The molecule has 2 unspecified atom stereocenters. The number of carboxylic acids is 1. The first-order valence-electron chi connectivity index (χ1n) is 7.25. The summed E-state index contributed by atoms with van der Waals surface area (Å²) < 4.78 is 0. The Morgan fingerprint density at radius 2 is 2.00 bits per heavy atom. The van der Waals surface area contributed by atoms with Gasteiger partial charge >= 0.3 is 5.97 Å². The fourth-order valence-electron chi connectivity index (χ4n) is 2.80. The van der Waals surface area contributed by atoms with Gasteiger partial charge < -0.3 is 10.4 Å². The Hall–Kier alpha value is -1.10. The van der Waals surface area contributed by atoms with Crippen LogP contribution in [0.4, 0.5) is 0 Å². The molecule has 1 aliphatic heterocycles. The fraction of sp³-hybridized carbons (Fsp3) is 0.857. The molecule has 0 radical (unpaired) electrons. The predicted octanol–water partition coefficient (Wildman–Crippen LogP) is 1.48. The van der Waals surface area contributed by atoms with E-state index in [9.17, 15) is 14.7 Å². The summed E-state index contributed by atoms with van der Waals surface area (Å²) in [7, 11) is 0. The number of hydrogen-bond donors (Lipinski definition) is 2. The Kier molecular flexibility index (Phi) is 6.28. The van der Waals surface area contributed by atoms with Crippen LogP contribution in [0.15, 0.2) is 0 Å². The van der Waals surface area contributed by atoms with Crippen LogP contribution in [-0.2, 0) is 9.59 Å². The minimum Gasteiger partial charge on any atom is -0.480 e. The molecular weight excluding hydrogens is 244 g/mol. The van der Waals surface area contributed by atoms with Crippen molar-refractivity contribution in [3.8, 4) is 0 Å². The Bertz CT molecular complexity index is 316. The van der Waals surface area contributed by atoms with Crippen LogP contribution in [0, 0.1) is 5.92 Å². The maximum absolute atomic E-state index is 12.0. The number of carboxylic acid groups (broad SMARTS) is 1. The molecule has 2 N–H and O–H groups in total. The van der Waals surface area contributed by atoms with Gasteiger partial charge in [0.1, 0.15) is 6.04 Å². The monoisotopic (exact) mass is 270 g/mol. The molecule has 1 fully saturated rings. The molecule has 0 aromatic heterocycles. The number of piperidine rings is 1. The average molecular weight is 270 g/mol. The van der Waals surface area contributed by atoms with E-state index < -0.39 is 12.0 Å². The topological polar surface area (TPSA) is 69.6 Å². The van der Waals surface area contributed by atoms with Crippen molar-refractivity contribution >= 4 is 11.9 Å².